The van der Waals surface area contributed by atoms with Crippen LogP contribution in [0.1, 0.15) is 27.3 Å². The fraction of sp³-hybridized carbons (Fsp3) is 0.125. The summed E-state index contributed by atoms with van der Waals surface area (Å²) in [4.78, 5) is 12.5. The molecule has 0 aliphatic carbocycles. The van der Waals surface area contributed by atoms with Gasteiger partial charge >= 0.3 is 6.18 Å². The van der Waals surface area contributed by atoms with Crippen molar-refractivity contribution in [1.29, 1.82) is 0 Å². The Morgan fingerprint density at radius 1 is 0.972 bits per heavy atom. The zero-order valence-electron chi connectivity index (χ0n) is 18.2. The van der Waals surface area contributed by atoms with E-state index in [1.54, 1.807) is 28.8 Å². The number of rotatable bonds is 7. The molecule has 0 saturated carbocycles. The molecule has 1 aromatic heterocycles. The third-order valence-corrected chi connectivity index (χ3v) is 6.72. The summed E-state index contributed by atoms with van der Waals surface area (Å²) in [5.41, 5.74) is 0.373. The van der Waals surface area contributed by atoms with E-state index in [0.717, 1.165) is 30.0 Å². The molecule has 1 heterocycles. The molecule has 1 amide bonds. The predicted molar refractivity (Wildman–Crippen MR) is 130 cm³/mol. The number of amides is 1. The summed E-state index contributed by atoms with van der Waals surface area (Å²) in [6.45, 7) is -0.0628. The molecule has 0 radical (unpaired) electrons. The maximum Gasteiger partial charge on any atom is 0.416 e. The topological polar surface area (TPSA) is 59.8 Å². The molecule has 4 aromatic rings. The van der Waals surface area contributed by atoms with Gasteiger partial charge in [-0.2, -0.15) is 13.2 Å². The molecular formula is C24H16Cl2F4N4OS. The van der Waals surface area contributed by atoms with E-state index in [1.807, 2.05) is 0 Å². The number of carbonyl (C=O) groups excluding carboxylic acids is 1. The Hall–Kier alpha value is -3.08. The third kappa shape index (κ3) is 6.18. The highest BCUT2D eigenvalue weighted by atomic mass is 35.5. The van der Waals surface area contributed by atoms with Crippen molar-refractivity contribution in [3.63, 3.8) is 0 Å². The van der Waals surface area contributed by atoms with Crippen LogP contribution in [0.3, 0.4) is 0 Å². The highest BCUT2D eigenvalue weighted by Gasteiger charge is 2.30. The molecule has 5 nitrogen and oxygen atoms in total. The molecule has 36 heavy (non-hydrogen) atoms. The fourth-order valence-corrected chi connectivity index (χ4v) is 4.47. The van der Waals surface area contributed by atoms with Gasteiger partial charge in [-0.15, -0.1) is 10.2 Å². The summed E-state index contributed by atoms with van der Waals surface area (Å²) < 4.78 is 54.3. The van der Waals surface area contributed by atoms with Crippen LogP contribution < -0.4 is 5.32 Å². The van der Waals surface area contributed by atoms with Crippen molar-refractivity contribution in [1.82, 2.24) is 20.1 Å². The predicted octanol–water partition coefficient (Wildman–Crippen LogP) is 6.95. The average molecular weight is 555 g/mol. The molecule has 0 spiro atoms. The molecule has 186 valence electrons. The van der Waals surface area contributed by atoms with Crippen molar-refractivity contribution in [2.45, 2.75) is 23.6 Å². The minimum Gasteiger partial charge on any atom is -0.345 e. The Labute approximate surface area is 217 Å². The minimum absolute atomic E-state index is 0.0628. The van der Waals surface area contributed by atoms with Crippen LogP contribution in [-0.2, 0) is 18.5 Å². The summed E-state index contributed by atoms with van der Waals surface area (Å²) >= 11 is 13.4. The number of halogens is 6. The first-order valence-electron chi connectivity index (χ1n) is 10.3. The molecule has 0 saturated heterocycles. The largest absolute Gasteiger partial charge is 0.416 e. The Balaban J connectivity index is 1.60. The number of thioether (sulfide) groups is 1. The van der Waals surface area contributed by atoms with Crippen molar-refractivity contribution in [2.24, 2.45) is 0 Å². The summed E-state index contributed by atoms with van der Waals surface area (Å²) in [7, 11) is 0. The van der Waals surface area contributed by atoms with Crippen molar-refractivity contribution >= 4 is 40.9 Å². The molecule has 0 unspecified atom stereocenters. The fourth-order valence-electron chi connectivity index (χ4n) is 3.27. The van der Waals surface area contributed by atoms with Gasteiger partial charge in [-0.1, -0.05) is 59.2 Å². The second-order valence-corrected chi connectivity index (χ2v) is 9.27. The minimum atomic E-state index is -4.45. The highest BCUT2D eigenvalue weighted by molar-refractivity contribution is 7.98. The smallest absolute Gasteiger partial charge is 0.345 e. The molecule has 4 rings (SSSR count). The van der Waals surface area contributed by atoms with E-state index in [0.29, 0.717) is 27.3 Å². The monoisotopic (exact) mass is 554 g/mol. The SMILES string of the molecule is O=C(NCc1nnc(SCc2cccc(C(F)(F)F)c2)n1-c1ccc(Cl)c(Cl)c1)c1cccc(F)c1. The van der Waals surface area contributed by atoms with Crippen LogP contribution >= 0.6 is 35.0 Å². The number of alkyl halides is 3. The Morgan fingerprint density at radius 3 is 2.47 bits per heavy atom. The van der Waals surface area contributed by atoms with E-state index in [2.05, 4.69) is 15.5 Å². The van der Waals surface area contributed by atoms with Crippen LogP contribution in [0, 0.1) is 5.82 Å². The molecule has 3 aromatic carbocycles. The molecule has 0 aliphatic heterocycles. The Kier molecular flexibility index (Phi) is 7.87. The van der Waals surface area contributed by atoms with Crippen LogP contribution in [0.5, 0.6) is 0 Å². The lowest BCUT2D eigenvalue weighted by Crippen LogP contribution is -2.24. The zero-order chi connectivity index (χ0) is 25.9. The van der Waals surface area contributed by atoms with E-state index in [1.165, 1.54) is 24.3 Å². The Morgan fingerprint density at radius 2 is 1.75 bits per heavy atom. The van der Waals surface area contributed by atoms with Gasteiger partial charge in [-0.3, -0.25) is 9.36 Å². The van der Waals surface area contributed by atoms with E-state index < -0.39 is 23.5 Å². The van der Waals surface area contributed by atoms with Gasteiger partial charge in [0.25, 0.3) is 5.91 Å². The number of nitrogens with zero attached hydrogens (tertiary/aromatic N) is 3. The van der Waals surface area contributed by atoms with Crippen molar-refractivity contribution in [2.75, 3.05) is 0 Å². The maximum absolute atomic E-state index is 13.5. The first-order valence-corrected chi connectivity index (χ1v) is 12.1. The second-order valence-electron chi connectivity index (χ2n) is 7.51. The summed E-state index contributed by atoms with van der Waals surface area (Å²) in [6, 6.07) is 15.1. The Bertz CT molecular complexity index is 1410. The van der Waals surface area contributed by atoms with Crippen LogP contribution in [-0.4, -0.2) is 20.7 Å². The molecule has 0 fully saturated rings. The number of hydrogen-bond acceptors (Lipinski definition) is 4. The molecule has 0 aliphatic rings. The van der Waals surface area contributed by atoms with Crippen molar-refractivity contribution < 1.29 is 22.4 Å². The molecular weight excluding hydrogens is 539 g/mol. The lowest BCUT2D eigenvalue weighted by Gasteiger charge is -2.12. The number of carbonyl (C=O) groups is 1. The van der Waals surface area contributed by atoms with Gasteiger partial charge in [0.2, 0.25) is 0 Å². The summed E-state index contributed by atoms with van der Waals surface area (Å²) in [5, 5.41) is 11.9. The van der Waals surface area contributed by atoms with E-state index in [9.17, 15) is 22.4 Å². The van der Waals surface area contributed by atoms with Crippen LogP contribution in [0.25, 0.3) is 5.69 Å². The van der Waals surface area contributed by atoms with Gasteiger partial charge in [0.15, 0.2) is 11.0 Å². The zero-order valence-corrected chi connectivity index (χ0v) is 20.5. The van der Waals surface area contributed by atoms with Crippen LogP contribution in [0.4, 0.5) is 17.6 Å². The van der Waals surface area contributed by atoms with E-state index in [4.69, 9.17) is 23.2 Å². The summed E-state index contributed by atoms with van der Waals surface area (Å²) in [5.74, 6) is -0.560. The molecule has 1 N–H and O–H groups in total. The lowest BCUT2D eigenvalue weighted by atomic mass is 10.1. The van der Waals surface area contributed by atoms with E-state index >= 15 is 0 Å². The summed E-state index contributed by atoms with van der Waals surface area (Å²) in [6.07, 6.45) is -4.45. The first-order chi connectivity index (χ1) is 17.1. The third-order valence-electron chi connectivity index (χ3n) is 4.98. The quantitative estimate of drug-likeness (QED) is 0.198. The van der Waals surface area contributed by atoms with Gasteiger partial charge in [-0.05, 0) is 48.0 Å². The number of aromatic nitrogens is 3. The van der Waals surface area contributed by atoms with Crippen LogP contribution in [0.15, 0.2) is 71.9 Å². The normalized spacial score (nSPS) is 11.5. The average Bonchev–Trinajstić information content (AvgIpc) is 3.25. The van der Waals surface area contributed by atoms with Gasteiger partial charge < -0.3 is 5.32 Å². The van der Waals surface area contributed by atoms with Crippen molar-refractivity contribution in [3.8, 4) is 5.69 Å². The van der Waals surface area contributed by atoms with Crippen molar-refractivity contribution in [3.05, 3.63) is 105 Å². The number of hydrogen-bond donors (Lipinski definition) is 1. The lowest BCUT2D eigenvalue weighted by molar-refractivity contribution is -0.137. The molecule has 0 bridgehead atoms. The van der Waals surface area contributed by atoms with Gasteiger partial charge in [0, 0.05) is 11.3 Å². The molecule has 0 atom stereocenters. The number of nitrogens with one attached hydrogen (secondary N) is 1. The van der Waals surface area contributed by atoms with Gasteiger partial charge in [-0.25, -0.2) is 4.39 Å². The van der Waals surface area contributed by atoms with E-state index in [-0.39, 0.29) is 22.9 Å². The van der Waals surface area contributed by atoms with Gasteiger partial charge in [0.1, 0.15) is 5.82 Å². The highest BCUT2D eigenvalue weighted by Crippen LogP contribution is 2.32. The number of benzene rings is 3. The first kappa shape index (κ1) is 26.0. The maximum atomic E-state index is 13.5. The standard InChI is InChI=1S/C24H16Cl2F4N4OS/c25-19-8-7-18(11-20(19)26)34-21(12-31-22(35)15-4-2-6-17(27)10-15)32-33-23(34)36-13-14-3-1-5-16(9-14)24(28,29)30/h1-11H,12-13H2,(H,31,35). The van der Waals surface area contributed by atoms with Crippen LogP contribution in [0.2, 0.25) is 10.0 Å². The molecule has 12 heteroatoms. The second kappa shape index (κ2) is 10.9. The van der Waals surface area contributed by atoms with Gasteiger partial charge in [0.05, 0.1) is 27.8 Å².